The summed E-state index contributed by atoms with van der Waals surface area (Å²) < 4.78 is 13.3. The van der Waals surface area contributed by atoms with E-state index in [1.165, 1.54) is 12.1 Å². The molecule has 1 atom stereocenters. The average Bonchev–Trinajstić information content (AvgIpc) is 2.74. The van der Waals surface area contributed by atoms with Crippen LogP contribution in [0.2, 0.25) is 0 Å². The van der Waals surface area contributed by atoms with Gasteiger partial charge in [-0.1, -0.05) is 0 Å². The number of benzene rings is 1. The fourth-order valence-electron chi connectivity index (χ4n) is 1.91. The number of rotatable bonds is 4. The van der Waals surface area contributed by atoms with Crippen molar-refractivity contribution in [2.75, 3.05) is 5.32 Å². The molecule has 0 spiro atoms. The number of non-ortho nitro benzene ring substituents is 1. The van der Waals surface area contributed by atoms with Crippen molar-refractivity contribution in [3.05, 3.63) is 56.0 Å². The Kier molecular flexibility index (Phi) is 3.80. The molecule has 100 valence electrons. The van der Waals surface area contributed by atoms with Gasteiger partial charge < -0.3 is 5.32 Å². The maximum Gasteiger partial charge on any atom is 0.274 e. The summed E-state index contributed by atoms with van der Waals surface area (Å²) in [5.41, 5.74) is 1.31. The number of thiophene rings is 1. The summed E-state index contributed by atoms with van der Waals surface area (Å²) in [5, 5.41) is 15.8. The van der Waals surface area contributed by atoms with E-state index in [4.69, 9.17) is 0 Å². The van der Waals surface area contributed by atoms with E-state index in [0.717, 1.165) is 16.5 Å². The lowest BCUT2D eigenvalue weighted by molar-refractivity contribution is -0.385. The van der Waals surface area contributed by atoms with Crippen LogP contribution in [-0.4, -0.2) is 4.92 Å². The normalized spacial score (nSPS) is 12.2. The van der Waals surface area contributed by atoms with E-state index in [2.05, 4.69) is 5.32 Å². The lowest BCUT2D eigenvalue weighted by Gasteiger charge is -2.15. The second-order valence-electron chi connectivity index (χ2n) is 4.29. The van der Waals surface area contributed by atoms with Gasteiger partial charge >= 0.3 is 0 Å². The van der Waals surface area contributed by atoms with Crippen LogP contribution in [0.15, 0.2) is 29.6 Å². The van der Waals surface area contributed by atoms with Gasteiger partial charge in [0.25, 0.3) is 5.69 Å². The minimum Gasteiger partial charge on any atom is -0.377 e. The first-order valence-corrected chi connectivity index (χ1v) is 6.61. The van der Waals surface area contributed by atoms with Crippen LogP contribution in [0.1, 0.15) is 23.4 Å². The summed E-state index contributed by atoms with van der Waals surface area (Å²) in [6.45, 7) is 3.94. The van der Waals surface area contributed by atoms with Crippen molar-refractivity contribution >= 4 is 22.7 Å². The first kappa shape index (κ1) is 13.5. The van der Waals surface area contributed by atoms with Crippen LogP contribution in [0.3, 0.4) is 0 Å². The van der Waals surface area contributed by atoms with Gasteiger partial charge in [0, 0.05) is 16.6 Å². The summed E-state index contributed by atoms with van der Waals surface area (Å²) in [6, 6.07) is 5.48. The van der Waals surface area contributed by atoms with Crippen molar-refractivity contribution in [2.45, 2.75) is 19.9 Å². The molecule has 1 aromatic heterocycles. The number of nitrogens with zero attached hydrogens (tertiary/aromatic N) is 1. The Bertz CT molecular complexity index is 612. The van der Waals surface area contributed by atoms with Crippen LogP contribution in [0, 0.1) is 22.9 Å². The third-order valence-electron chi connectivity index (χ3n) is 2.77. The Labute approximate surface area is 114 Å². The molecule has 0 aliphatic carbocycles. The first-order chi connectivity index (χ1) is 8.97. The number of aryl methyl sites for hydroxylation is 1. The van der Waals surface area contributed by atoms with Gasteiger partial charge in [-0.3, -0.25) is 10.1 Å². The fraction of sp³-hybridized carbons (Fsp3) is 0.231. The number of hydrogen-bond acceptors (Lipinski definition) is 4. The van der Waals surface area contributed by atoms with Gasteiger partial charge in [-0.15, -0.1) is 11.3 Å². The van der Waals surface area contributed by atoms with Crippen molar-refractivity contribution in [1.82, 2.24) is 0 Å². The zero-order valence-corrected chi connectivity index (χ0v) is 11.3. The second-order valence-corrected chi connectivity index (χ2v) is 5.24. The van der Waals surface area contributed by atoms with Gasteiger partial charge in [-0.2, -0.15) is 0 Å². The highest BCUT2D eigenvalue weighted by atomic mass is 32.1. The molecule has 19 heavy (non-hydrogen) atoms. The zero-order valence-electron chi connectivity index (χ0n) is 10.5. The molecule has 2 aromatic rings. The quantitative estimate of drug-likeness (QED) is 0.672. The van der Waals surface area contributed by atoms with E-state index in [0.29, 0.717) is 5.69 Å². The van der Waals surface area contributed by atoms with Crippen LogP contribution < -0.4 is 5.32 Å². The summed E-state index contributed by atoms with van der Waals surface area (Å²) in [5.74, 6) is -0.619. The second kappa shape index (κ2) is 5.36. The largest absolute Gasteiger partial charge is 0.377 e. The number of anilines is 1. The van der Waals surface area contributed by atoms with E-state index in [9.17, 15) is 14.5 Å². The molecule has 0 amide bonds. The Hall–Kier alpha value is -1.95. The Morgan fingerprint density at radius 1 is 1.42 bits per heavy atom. The molecule has 0 aliphatic heterocycles. The molecule has 0 fully saturated rings. The molecule has 0 radical (unpaired) electrons. The van der Waals surface area contributed by atoms with Crippen LogP contribution in [-0.2, 0) is 0 Å². The van der Waals surface area contributed by atoms with Crippen molar-refractivity contribution in [2.24, 2.45) is 0 Å². The Balaban J connectivity index is 2.24. The molecule has 0 bridgehead atoms. The lowest BCUT2D eigenvalue weighted by atomic mass is 10.1. The van der Waals surface area contributed by atoms with E-state index in [1.54, 1.807) is 11.3 Å². The van der Waals surface area contributed by atoms with Crippen LogP contribution in [0.4, 0.5) is 15.8 Å². The number of nitrogens with one attached hydrogen (secondary N) is 1. The maximum absolute atomic E-state index is 13.3. The highest BCUT2D eigenvalue weighted by Gasteiger charge is 2.13. The molecule has 2 rings (SSSR count). The molecule has 1 N–H and O–H groups in total. The zero-order chi connectivity index (χ0) is 14.0. The number of nitro groups is 1. The molecule has 0 saturated carbocycles. The molecule has 4 nitrogen and oxygen atoms in total. The molecule has 1 unspecified atom stereocenters. The molecular weight excluding hydrogens is 267 g/mol. The maximum atomic E-state index is 13.3. The fourth-order valence-corrected chi connectivity index (χ4v) is 2.84. The molecular formula is C13H13FN2O2S. The van der Waals surface area contributed by atoms with E-state index in [1.807, 2.05) is 25.3 Å². The average molecular weight is 280 g/mol. The summed E-state index contributed by atoms with van der Waals surface area (Å²) in [6.07, 6.45) is 0. The minimum absolute atomic E-state index is 0.0265. The molecule has 0 aliphatic rings. The topological polar surface area (TPSA) is 55.2 Å². The Morgan fingerprint density at radius 3 is 2.74 bits per heavy atom. The van der Waals surface area contributed by atoms with Gasteiger partial charge in [0.15, 0.2) is 0 Å². The van der Waals surface area contributed by atoms with Gasteiger partial charge in [0.2, 0.25) is 0 Å². The van der Waals surface area contributed by atoms with Gasteiger partial charge in [0.1, 0.15) is 5.82 Å². The van der Waals surface area contributed by atoms with Crippen molar-refractivity contribution in [1.29, 1.82) is 0 Å². The van der Waals surface area contributed by atoms with Crippen molar-refractivity contribution in [3.63, 3.8) is 0 Å². The highest BCUT2D eigenvalue weighted by Crippen LogP contribution is 2.28. The minimum atomic E-state index is -0.619. The standard InChI is InChI=1S/C13H13FN2O2S/c1-8-3-4-19-13(8)9(2)15-11-5-10(14)6-12(7-11)16(17)18/h3-7,9,15H,1-2H3. The molecule has 0 saturated heterocycles. The Morgan fingerprint density at radius 2 is 2.16 bits per heavy atom. The van der Waals surface area contributed by atoms with Gasteiger partial charge in [-0.05, 0) is 36.9 Å². The van der Waals surface area contributed by atoms with Crippen molar-refractivity contribution in [3.8, 4) is 0 Å². The van der Waals surface area contributed by atoms with Crippen LogP contribution in [0.5, 0.6) is 0 Å². The summed E-state index contributed by atoms with van der Waals surface area (Å²) >= 11 is 1.60. The monoisotopic (exact) mass is 280 g/mol. The van der Waals surface area contributed by atoms with E-state index < -0.39 is 10.7 Å². The van der Waals surface area contributed by atoms with Crippen molar-refractivity contribution < 1.29 is 9.31 Å². The lowest BCUT2D eigenvalue weighted by Crippen LogP contribution is -2.06. The number of halogens is 1. The SMILES string of the molecule is Cc1ccsc1C(C)Nc1cc(F)cc([N+](=O)[O-])c1. The van der Waals surface area contributed by atoms with Crippen LogP contribution in [0.25, 0.3) is 0 Å². The summed E-state index contributed by atoms with van der Waals surface area (Å²) in [4.78, 5) is 11.2. The predicted molar refractivity (Wildman–Crippen MR) is 74.1 cm³/mol. The van der Waals surface area contributed by atoms with E-state index >= 15 is 0 Å². The third kappa shape index (κ3) is 3.08. The predicted octanol–water partition coefficient (Wildman–Crippen LogP) is 4.28. The number of hydrogen-bond donors (Lipinski definition) is 1. The third-order valence-corrected chi connectivity index (χ3v) is 3.97. The number of nitro benzene ring substituents is 1. The van der Waals surface area contributed by atoms with Gasteiger partial charge in [0.05, 0.1) is 17.0 Å². The first-order valence-electron chi connectivity index (χ1n) is 5.73. The molecule has 6 heteroatoms. The van der Waals surface area contributed by atoms with E-state index in [-0.39, 0.29) is 11.7 Å². The van der Waals surface area contributed by atoms with Crippen LogP contribution >= 0.6 is 11.3 Å². The smallest absolute Gasteiger partial charge is 0.274 e. The summed E-state index contributed by atoms with van der Waals surface area (Å²) in [7, 11) is 0. The highest BCUT2D eigenvalue weighted by molar-refractivity contribution is 7.10. The van der Waals surface area contributed by atoms with Gasteiger partial charge in [-0.25, -0.2) is 4.39 Å². The molecule has 1 heterocycles. The molecule has 1 aromatic carbocycles.